The summed E-state index contributed by atoms with van der Waals surface area (Å²) < 4.78 is 11.7. The molecule has 0 bridgehead atoms. The second-order valence-corrected chi connectivity index (χ2v) is 6.73. The van der Waals surface area contributed by atoms with Gasteiger partial charge in [0.25, 0.3) is 0 Å². The number of nitrogens with one attached hydrogen (secondary N) is 1. The van der Waals surface area contributed by atoms with Crippen molar-refractivity contribution in [2.24, 2.45) is 5.92 Å². The van der Waals surface area contributed by atoms with Gasteiger partial charge in [-0.05, 0) is 50.1 Å². The van der Waals surface area contributed by atoms with E-state index in [-0.39, 0.29) is 5.97 Å². The number of carbonyl (C=O) groups excluding carboxylic acids is 1. The van der Waals surface area contributed by atoms with Crippen molar-refractivity contribution in [2.75, 3.05) is 13.2 Å². The Hall–Kier alpha value is -1.39. The minimum absolute atomic E-state index is 0.169. The predicted octanol–water partition coefficient (Wildman–Crippen LogP) is 3.06. The third-order valence-electron chi connectivity index (χ3n) is 4.88. The van der Waals surface area contributed by atoms with Gasteiger partial charge in [0.05, 0.1) is 6.61 Å². The van der Waals surface area contributed by atoms with Crippen molar-refractivity contribution in [1.29, 1.82) is 0 Å². The lowest BCUT2D eigenvalue weighted by Crippen LogP contribution is -2.53. The molecule has 23 heavy (non-hydrogen) atoms. The van der Waals surface area contributed by atoms with Crippen LogP contribution in [0, 0.1) is 5.92 Å². The van der Waals surface area contributed by atoms with Crippen molar-refractivity contribution in [3.63, 3.8) is 0 Å². The van der Waals surface area contributed by atoms with Gasteiger partial charge in [0.15, 0.2) is 5.60 Å². The first-order valence-corrected chi connectivity index (χ1v) is 8.83. The normalized spacial score (nSPS) is 27.6. The quantitative estimate of drug-likeness (QED) is 0.785. The molecule has 0 radical (unpaired) electrons. The Morgan fingerprint density at radius 1 is 1.30 bits per heavy atom. The maximum absolute atomic E-state index is 12.7. The van der Waals surface area contributed by atoms with E-state index in [0.717, 1.165) is 44.2 Å². The van der Waals surface area contributed by atoms with E-state index in [9.17, 15) is 4.79 Å². The van der Waals surface area contributed by atoms with Crippen LogP contribution in [0.25, 0.3) is 0 Å². The first-order chi connectivity index (χ1) is 11.2. The first-order valence-electron chi connectivity index (χ1n) is 8.83. The molecule has 1 aromatic rings. The van der Waals surface area contributed by atoms with Crippen molar-refractivity contribution in [3.05, 3.63) is 35.9 Å². The molecule has 1 aromatic carbocycles. The Kier molecular flexibility index (Phi) is 5.34. The highest BCUT2D eigenvalue weighted by Crippen LogP contribution is 2.47. The Bertz CT molecular complexity index is 505. The lowest BCUT2D eigenvalue weighted by atomic mass is 9.87. The maximum Gasteiger partial charge on any atom is 0.339 e. The van der Waals surface area contributed by atoms with Crippen LogP contribution >= 0.6 is 0 Å². The molecule has 4 nitrogen and oxygen atoms in total. The Morgan fingerprint density at radius 3 is 2.70 bits per heavy atom. The molecular weight excluding hydrogens is 290 g/mol. The van der Waals surface area contributed by atoms with Crippen LogP contribution in [0.15, 0.2) is 30.3 Å². The highest BCUT2D eigenvalue weighted by Gasteiger charge is 2.54. The fourth-order valence-electron chi connectivity index (χ4n) is 3.35. The number of hydrogen-bond donors (Lipinski definition) is 1. The van der Waals surface area contributed by atoms with E-state index in [1.165, 1.54) is 0 Å². The van der Waals surface area contributed by atoms with Crippen LogP contribution in [0.4, 0.5) is 0 Å². The molecule has 3 rings (SSSR count). The van der Waals surface area contributed by atoms with Gasteiger partial charge in [-0.25, -0.2) is 4.79 Å². The fourth-order valence-corrected chi connectivity index (χ4v) is 3.35. The van der Waals surface area contributed by atoms with E-state index >= 15 is 0 Å². The Labute approximate surface area is 138 Å². The summed E-state index contributed by atoms with van der Waals surface area (Å²) in [6.07, 6.45) is 5.02. The highest BCUT2D eigenvalue weighted by molar-refractivity contribution is 5.80. The summed E-state index contributed by atoms with van der Waals surface area (Å²) in [5.74, 6) is 0.177. The second-order valence-electron chi connectivity index (χ2n) is 6.73. The molecule has 1 saturated carbocycles. The molecule has 126 valence electrons. The third kappa shape index (κ3) is 3.93. The van der Waals surface area contributed by atoms with Crippen molar-refractivity contribution in [2.45, 2.75) is 57.3 Å². The molecule has 4 heteroatoms. The third-order valence-corrected chi connectivity index (χ3v) is 4.88. The largest absolute Gasteiger partial charge is 0.459 e. The van der Waals surface area contributed by atoms with Gasteiger partial charge >= 0.3 is 5.97 Å². The SMILES string of the molecule is CCCN[C@@H]1CC[C@@](C(=O)OCc2ccccc2)(C2CC2)OC1. The molecule has 1 aliphatic carbocycles. The van der Waals surface area contributed by atoms with Crippen molar-refractivity contribution < 1.29 is 14.3 Å². The summed E-state index contributed by atoms with van der Waals surface area (Å²) in [4.78, 5) is 12.7. The van der Waals surface area contributed by atoms with E-state index < -0.39 is 5.60 Å². The summed E-state index contributed by atoms with van der Waals surface area (Å²) in [6, 6.07) is 10.2. The molecule has 2 fully saturated rings. The van der Waals surface area contributed by atoms with E-state index in [1.807, 2.05) is 30.3 Å². The number of ether oxygens (including phenoxy) is 2. The average Bonchev–Trinajstić information content (AvgIpc) is 3.44. The predicted molar refractivity (Wildman–Crippen MR) is 89.0 cm³/mol. The molecule has 0 aromatic heterocycles. The molecule has 1 N–H and O–H groups in total. The van der Waals surface area contributed by atoms with Gasteiger partial charge in [-0.15, -0.1) is 0 Å². The minimum Gasteiger partial charge on any atom is -0.459 e. The van der Waals surface area contributed by atoms with Crippen LogP contribution in [0.1, 0.15) is 44.6 Å². The summed E-state index contributed by atoms with van der Waals surface area (Å²) in [5.41, 5.74) is 0.323. The van der Waals surface area contributed by atoms with Crippen LogP contribution in [-0.2, 0) is 20.9 Å². The topological polar surface area (TPSA) is 47.6 Å². The number of rotatable bonds is 7. The molecule has 0 amide bonds. The zero-order valence-corrected chi connectivity index (χ0v) is 13.9. The number of hydrogen-bond acceptors (Lipinski definition) is 4. The van der Waals surface area contributed by atoms with Crippen LogP contribution in [0.5, 0.6) is 0 Å². The van der Waals surface area contributed by atoms with Crippen LogP contribution < -0.4 is 5.32 Å². The van der Waals surface area contributed by atoms with E-state index in [2.05, 4.69) is 12.2 Å². The molecule has 1 saturated heterocycles. The van der Waals surface area contributed by atoms with E-state index in [1.54, 1.807) is 0 Å². The van der Waals surface area contributed by atoms with Crippen molar-refractivity contribution >= 4 is 5.97 Å². The zero-order chi connectivity index (χ0) is 16.1. The lowest BCUT2D eigenvalue weighted by molar-refractivity contribution is -0.186. The number of benzene rings is 1. The highest BCUT2D eigenvalue weighted by atomic mass is 16.6. The van der Waals surface area contributed by atoms with Gasteiger partial charge in [-0.1, -0.05) is 37.3 Å². The second kappa shape index (κ2) is 7.45. The summed E-state index contributed by atoms with van der Waals surface area (Å²) in [6.45, 7) is 4.10. The standard InChI is InChI=1S/C19H27NO3/c1-2-12-20-17-10-11-19(23-14-17,16-8-9-16)18(21)22-13-15-6-4-3-5-7-15/h3-7,16-17,20H,2,8-14H2,1H3/t17-,19+/m1/s1. The summed E-state index contributed by atoms with van der Waals surface area (Å²) >= 11 is 0. The lowest BCUT2D eigenvalue weighted by Gasteiger charge is -2.38. The first kappa shape index (κ1) is 16.5. The van der Waals surface area contributed by atoms with Gasteiger partial charge in [0.1, 0.15) is 6.61 Å². The van der Waals surface area contributed by atoms with Gasteiger partial charge < -0.3 is 14.8 Å². The van der Waals surface area contributed by atoms with Gasteiger partial charge in [0.2, 0.25) is 0 Å². The molecule has 2 aliphatic rings. The Balaban J connectivity index is 1.57. The van der Waals surface area contributed by atoms with Gasteiger partial charge in [-0.3, -0.25) is 0 Å². The number of carbonyl (C=O) groups is 1. The molecule has 0 unspecified atom stereocenters. The van der Waals surface area contributed by atoms with Crippen molar-refractivity contribution in [3.8, 4) is 0 Å². The van der Waals surface area contributed by atoms with Gasteiger partial charge in [-0.2, -0.15) is 0 Å². The van der Waals surface area contributed by atoms with Crippen LogP contribution in [-0.4, -0.2) is 30.8 Å². The molecule has 2 atom stereocenters. The zero-order valence-electron chi connectivity index (χ0n) is 13.9. The van der Waals surface area contributed by atoms with Crippen molar-refractivity contribution in [1.82, 2.24) is 5.32 Å². The molecular formula is C19H27NO3. The average molecular weight is 317 g/mol. The van der Waals surface area contributed by atoms with E-state index in [4.69, 9.17) is 9.47 Å². The van der Waals surface area contributed by atoms with Crippen LogP contribution in [0.3, 0.4) is 0 Å². The molecule has 0 spiro atoms. The summed E-state index contributed by atoms with van der Waals surface area (Å²) in [7, 11) is 0. The molecule has 1 aliphatic heterocycles. The minimum atomic E-state index is -0.695. The monoisotopic (exact) mass is 317 g/mol. The molecule has 1 heterocycles. The van der Waals surface area contributed by atoms with E-state index in [0.29, 0.717) is 25.2 Å². The summed E-state index contributed by atoms with van der Waals surface area (Å²) in [5, 5.41) is 3.49. The smallest absolute Gasteiger partial charge is 0.339 e. The van der Waals surface area contributed by atoms with Crippen LogP contribution in [0.2, 0.25) is 0 Å². The number of esters is 1. The maximum atomic E-state index is 12.7. The fraction of sp³-hybridized carbons (Fsp3) is 0.632. The van der Waals surface area contributed by atoms with Gasteiger partial charge in [0, 0.05) is 6.04 Å². The Morgan fingerprint density at radius 2 is 2.09 bits per heavy atom.